The minimum Gasteiger partial charge on any atom is -0.507 e. The zero-order chi connectivity index (χ0) is 23.9. The monoisotopic (exact) mass is 440 g/mol. The van der Waals surface area contributed by atoms with Gasteiger partial charge in [0.2, 0.25) is 0 Å². The van der Waals surface area contributed by atoms with Crippen LogP contribution in [0, 0.1) is 13.8 Å². The fourth-order valence-corrected chi connectivity index (χ4v) is 4.24. The van der Waals surface area contributed by atoms with E-state index < -0.39 is 0 Å². The van der Waals surface area contributed by atoms with E-state index in [0.717, 1.165) is 56.4 Å². The van der Waals surface area contributed by atoms with E-state index in [1.54, 1.807) is 0 Å². The molecule has 5 nitrogen and oxygen atoms in total. The molecule has 0 saturated carbocycles. The van der Waals surface area contributed by atoms with Gasteiger partial charge in [-0.2, -0.15) is 0 Å². The van der Waals surface area contributed by atoms with E-state index in [4.69, 9.17) is 4.98 Å². The predicted octanol–water partition coefficient (Wildman–Crippen LogP) is 5.88. The summed E-state index contributed by atoms with van der Waals surface area (Å²) in [6.07, 6.45) is 0. The lowest BCUT2D eigenvalue weighted by Crippen LogP contribution is -2.08. The lowest BCUT2D eigenvalue weighted by Gasteiger charge is -2.15. The molecule has 5 heteroatoms. The minimum absolute atomic E-state index is 0.276. The summed E-state index contributed by atoms with van der Waals surface area (Å²) in [5, 5.41) is 10.9. The second kappa shape index (κ2) is 8.66. The Hall–Kier alpha value is -3.73. The molecule has 0 aliphatic carbocycles. The zero-order valence-electron chi connectivity index (χ0n) is 20.5. The van der Waals surface area contributed by atoms with Gasteiger partial charge in [-0.05, 0) is 55.3 Å². The van der Waals surface area contributed by atoms with E-state index in [-0.39, 0.29) is 5.75 Å². The van der Waals surface area contributed by atoms with Crippen molar-refractivity contribution in [2.45, 2.75) is 13.8 Å². The van der Waals surface area contributed by atoms with Gasteiger partial charge in [0.05, 0.1) is 17.0 Å². The molecule has 33 heavy (non-hydrogen) atoms. The molecule has 3 aromatic carbocycles. The molecule has 1 heterocycles. The summed E-state index contributed by atoms with van der Waals surface area (Å²) in [6.45, 7) is 3.97. The highest BCUT2D eigenvalue weighted by Gasteiger charge is 2.22. The van der Waals surface area contributed by atoms with Gasteiger partial charge in [0.25, 0.3) is 0 Å². The van der Waals surface area contributed by atoms with Gasteiger partial charge >= 0.3 is 0 Å². The summed E-state index contributed by atoms with van der Waals surface area (Å²) < 4.78 is 2.09. The van der Waals surface area contributed by atoms with Crippen molar-refractivity contribution < 1.29 is 5.11 Å². The SMILES string of the molecule is Cc1cc(C)c(O)c(-c2nc(-c3ccc(N(C)C)cc3)c(-c3ccc(N(C)C)cc3)n2C)c1. The maximum atomic E-state index is 10.9. The van der Waals surface area contributed by atoms with Crippen molar-refractivity contribution in [2.24, 2.45) is 7.05 Å². The molecule has 0 atom stereocenters. The number of phenolic OH excluding ortho intramolecular Hbond substituents is 1. The molecule has 0 fully saturated rings. The molecule has 0 amide bonds. The molecule has 0 bridgehead atoms. The number of nitrogens with zero attached hydrogens (tertiary/aromatic N) is 4. The van der Waals surface area contributed by atoms with Crippen LogP contribution in [0.5, 0.6) is 5.75 Å². The molecular formula is C28H32N4O. The van der Waals surface area contributed by atoms with Gasteiger partial charge in [-0.15, -0.1) is 0 Å². The Balaban J connectivity index is 1.95. The molecule has 1 aromatic heterocycles. The van der Waals surface area contributed by atoms with Gasteiger partial charge in [0.1, 0.15) is 11.6 Å². The van der Waals surface area contributed by atoms with E-state index in [9.17, 15) is 5.11 Å². The number of phenols is 1. The summed E-state index contributed by atoms with van der Waals surface area (Å²) in [6, 6.07) is 20.9. The number of hydrogen-bond acceptors (Lipinski definition) is 4. The summed E-state index contributed by atoms with van der Waals surface area (Å²) in [4.78, 5) is 9.26. The Bertz CT molecular complexity index is 1280. The molecule has 0 unspecified atom stereocenters. The van der Waals surface area contributed by atoms with Crippen LogP contribution in [0.15, 0.2) is 60.7 Å². The second-order valence-electron chi connectivity index (χ2n) is 9.05. The highest BCUT2D eigenvalue weighted by Crippen LogP contribution is 2.40. The first-order chi connectivity index (χ1) is 15.7. The number of anilines is 2. The summed E-state index contributed by atoms with van der Waals surface area (Å²) in [5.41, 5.74) is 9.01. The Labute approximate surface area is 196 Å². The maximum absolute atomic E-state index is 10.9. The summed E-state index contributed by atoms with van der Waals surface area (Å²) >= 11 is 0. The zero-order valence-corrected chi connectivity index (χ0v) is 20.5. The van der Waals surface area contributed by atoms with Gasteiger partial charge in [-0.1, -0.05) is 30.3 Å². The number of aromatic hydroxyl groups is 1. The van der Waals surface area contributed by atoms with Crippen LogP contribution >= 0.6 is 0 Å². The molecule has 4 rings (SSSR count). The fraction of sp³-hybridized carbons (Fsp3) is 0.250. The lowest BCUT2D eigenvalue weighted by molar-refractivity contribution is 0.472. The third-order valence-corrected chi connectivity index (χ3v) is 6.10. The van der Waals surface area contributed by atoms with Gasteiger partial charge in [-0.25, -0.2) is 4.98 Å². The molecule has 0 spiro atoms. The molecule has 1 N–H and O–H groups in total. The van der Waals surface area contributed by atoms with Crippen molar-refractivity contribution in [1.82, 2.24) is 9.55 Å². The van der Waals surface area contributed by atoms with E-state index in [1.165, 1.54) is 0 Å². The molecule has 170 valence electrons. The summed E-state index contributed by atoms with van der Waals surface area (Å²) in [5.74, 6) is 1.02. The predicted molar refractivity (Wildman–Crippen MR) is 139 cm³/mol. The van der Waals surface area contributed by atoms with Crippen LogP contribution in [0.4, 0.5) is 11.4 Å². The Kier molecular flexibility index (Phi) is 5.90. The number of imidazole rings is 1. The third-order valence-electron chi connectivity index (χ3n) is 6.10. The van der Waals surface area contributed by atoms with E-state index in [1.807, 2.05) is 61.2 Å². The number of aryl methyl sites for hydroxylation is 2. The van der Waals surface area contributed by atoms with Gasteiger partial charge in [0, 0.05) is 57.7 Å². The minimum atomic E-state index is 0.276. The molecule has 0 radical (unpaired) electrons. The van der Waals surface area contributed by atoms with Crippen molar-refractivity contribution in [3.05, 3.63) is 71.8 Å². The molecule has 0 saturated heterocycles. The number of rotatable bonds is 5. The normalized spacial score (nSPS) is 11.0. The number of hydrogen-bond donors (Lipinski definition) is 1. The van der Waals surface area contributed by atoms with Crippen LogP contribution in [0.25, 0.3) is 33.9 Å². The topological polar surface area (TPSA) is 44.5 Å². The Morgan fingerprint density at radius 1 is 0.758 bits per heavy atom. The van der Waals surface area contributed by atoms with Crippen molar-refractivity contribution in [2.75, 3.05) is 38.0 Å². The molecule has 4 aromatic rings. The first-order valence-electron chi connectivity index (χ1n) is 11.1. The van der Waals surface area contributed by atoms with Crippen molar-refractivity contribution in [1.29, 1.82) is 0 Å². The Morgan fingerprint density at radius 2 is 1.27 bits per heavy atom. The average molecular weight is 441 g/mol. The van der Waals surface area contributed by atoms with Crippen molar-refractivity contribution in [3.63, 3.8) is 0 Å². The van der Waals surface area contributed by atoms with Crippen LogP contribution in [-0.4, -0.2) is 42.8 Å². The Morgan fingerprint density at radius 3 is 1.79 bits per heavy atom. The quantitative estimate of drug-likeness (QED) is 0.421. The van der Waals surface area contributed by atoms with Crippen LogP contribution in [0.1, 0.15) is 11.1 Å². The number of aromatic nitrogens is 2. The summed E-state index contributed by atoms with van der Waals surface area (Å²) in [7, 11) is 10.2. The van der Waals surface area contributed by atoms with Gasteiger partial charge < -0.3 is 19.5 Å². The van der Waals surface area contributed by atoms with E-state index in [2.05, 4.69) is 62.9 Å². The van der Waals surface area contributed by atoms with Crippen LogP contribution in [-0.2, 0) is 7.05 Å². The first kappa shape index (κ1) is 22.5. The molecule has 0 aliphatic rings. The van der Waals surface area contributed by atoms with Crippen molar-refractivity contribution >= 4 is 11.4 Å². The molecular weight excluding hydrogens is 408 g/mol. The lowest BCUT2D eigenvalue weighted by atomic mass is 10.0. The van der Waals surface area contributed by atoms with Crippen LogP contribution in [0.2, 0.25) is 0 Å². The van der Waals surface area contributed by atoms with Gasteiger partial charge in [-0.3, -0.25) is 0 Å². The van der Waals surface area contributed by atoms with Crippen LogP contribution < -0.4 is 9.80 Å². The average Bonchev–Trinajstić information content (AvgIpc) is 3.13. The fourth-order valence-electron chi connectivity index (χ4n) is 4.24. The third kappa shape index (κ3) is 4.19. The standard InChI is InChI=1S/C28H32N4O/c1-18-16-19(2)27(33)24(17-18)28-29-25(20-8-12-22(13-9-20)30(3)4)26(32(28)7)21-10-14-23(15-11-21)31(5)6/h8-17,33H,1-7H3. The van der Waals surface area contributed by atoms with E-state index >= 15 is 0 Å². The van der Waals surface area contributed by atoms with Crippen molar-refractivity contribution in [3.8, 4) is 39.7 Å². The van der Waals surface area contributed by atoms with Gasteiger partial charge in [0.15, 0.2) is 0 Å². The second-order valence-corrected chi connectivity index (χ2v) is 9.05. The number of benzene rings is 3. The van der Waals surface area contributed by atoms with Crippen LogP contribution in [0.3, 0.4) is 0 Å². The highest BCUT2D eigenvalue weighted by molar-refractivity contribution is 5.84. The largest absolute Gasteiger partial charge is 0.507 e. The highest BCUT2D eigenvalue weighted by atomic mass is 16.3. The molecule has 0 aliphatic heterocycles. The first-order valence-corrected chi connectivity index (χ1v) is 11.1. The van der Waals surface area contributed by atoms with E-state index in [0.29, 0.717) is 0 Å². The smallest absolute Gasteiger partial charge is 0.144 e. The maximum Gasteiger partial charge on any atom is 0.144 e.